The number of rotatable bonds is 4. The van der Waals surface area contributed by atoms with Gasteiger partial charge in [0.25, 0.3) is 0 Å². The van der Waals surface area contributed by atoms with E-state index in [-0.39, 0.29) is 5.91 Å². The highest BCUT2D eigenvalue weighted by Crippen LogP contribution is 2.38. The molecule has 1 saturated heterocycles. The lowest BCUT2D eigenvalue weighted by atomic mass is 9.96. The summed E-state index contributed by atoms with van der Waals surface area (Å²) in [6.07, 6.45) is 7.16. The number of benzene rings is 1. The molecule has 3 aromatic heterocycles. The van der Waals surface area contributed by atoms with E-state index in [9.17, 15) is 4.79 Å². The fraction of sp³-hybridized carbons (Fsp3) is 0.407. The third-order valence-corrected chi connectivity index (χ3v) is 8.11. The summed E-state index contributed by atoms with van der Waals surface area (Å²) in [5.74, 6) is 0.199. The normalized spacial score (nSPS) is 16.6. The van der Waals surface area contributed by atoms with Gasteiger partial charge in [0.15, 0.2) is 0 Å². The largest absolute Gasteiger partial charge is 0.381 e. The van der Waals surface area contributed by atoms with Crippen LogP contribution in [0.1, 0.15) is 48.5 Å². The zero-order valence-corrected chi connectivity index (χ0v) is 21.0. The lowest BCUT2D eigenvalue weighted by Crippen LogP contribution is -2.36. The van der Waals surface area contributed by atoms with E-state index in [1.54, 1.807) is 11.3 Å². The fourth-order valence-electron chi connectivity index (χ4n) is 5.32. The van der Waals surface area contributed by atoms with Gasteiger partial charge in [-0.05, 0) is 31.2 Å². The Bertz CT molecular complexity index is 1400. The standard InChI is InChI=1S/C27H29N5O2S/c1-3-26(33)31-10-7-24-22(16-31)27(30-32(24)19-8-11-34-12-9-19)20-6-4-5-18-13-23(29-14-21(18)20)25-15-28-17(2)35-25/h4-6,13-15,19H,3,7-12,16H2,1-2H3. The molecule has 1 aromatic carbocycles. The van der Waals surface area contributed by atoms with Gasteiger partial charge in [0.05, 0.1) is 27.3 Å². The van der Waals surface area contributed by atoms with Crippen molar-refractivity contribution in [2.45, 2.75) is 52.1 Å². The Hall–Kier alpha value is -3.10. The quantitative estimate of drug-likeness (QED) is 0.397. The van der Waals surface area contributed by atoms with Gasteiger partial charge in [-0.2, -0.15) is 5.10 Å². The van der Waals surface area contributed by atoms with Crippen LogP contribution >= 0.6 is 11.3 Å². The topological polar surface area (TPSA) is 73.1 Å². The van der Waals surface area contributed by atoms with Crippen LogP contribution in [-0.4, -0.2) is 50.3 Å². The number of ether oxygens (including phenoxy) is 1. The van der Waals surface area contributed by atoms with Crippen LogP contribution in [-0.2, 0) is 22.5 Å². The minimum atomic E-state index is 0.199. The molecule has 0 spiro atoms. The zero-order valence-electron chi connectivity index (χ0n) is 20.2. The fourth-order valence-corrected chi connectivity index (χ4v) is 6.07. The van der Waals surface area contributed by atoms with Gasteiger partial charge in [-0.25, -0.2) is 4.98 Å². The summed E-state index contributed by atoms with van der Waals surface area (Å²) in [5.41, 5.74) is 5.45. The van der Waals surface area contributed by atoms with Gasteiger partial charge >= 0.3 is 0 Å². The van der Waals surface area contributed by atoms with Gasteiger partial charge in [-0.1, -0.05) is 25.1 Å². The van der Waals surface area contributed by atoms with Crippen molar-refractivity contribution in [1.82, 2.24) is 24.6 Å². The van der Waals surface area contributed by atoms with Crippen LogP contribution in [0.5, 0.6) is 0 Å². The Kier molecular flexibility index (Phi) is 5.86. The molecule has 5 heterocycles. The number of carbonyl (C=O) groups is 1. The Morgan fingerprint density at radius 2 is 2.06 bits per heavy atom. The van der Waals surface area contributed by atoms with Gasteiger partial charge in [0, 0.05) is 73.7 Å². The van der Waals surface area contributed by atoms with Crippen LogP contribution in [0.4, 0.5) is 0 Å². The van der Waals surface area contributed by atoms with E-state index >= 15 is 0 Å². The molecule has 0 unspecified atom stereocenters. The SMILES string of the molecule is CCC(=O)N1CCc2c(c(-c3cccc4cc(-c5cnc(C)s5)ncc34)nn2C2CCOCC2)C1. The summed E-state index contributed by atoms with van der Waals surface area (Å²) < 4.78 is 7.87. The van der Waals surface area contributed by atoms with Crippen molar-refractivity contribution in [2.24, 2.45) is 0 Å². The molecule has 2 aliphatic heterocycles. The lowest BCUT2D eigenvalue weighted by Gasteiger charge is -2.30. The number of amides is 1. The number of carbonyl (C=O) groups excluding carboxylic acids is 1. The highest BCUT2D eigenvalue weighted by atomic mass is 32.1. The molecule has 8 heteroatoms. The lowest BCUT2D eigenvalue weighted by molar-refractivity contribution is -0.131. The number of thiazole rings is 1. The number of nitrogens with zero attached hydrogens (tertiary/aromatic N) is 5. The number of hydrogen-bond donors (Lipinski definition) is 0. The molecular formula is C27H29N5O2S. The Labute approximate surface area is 208 Å². The van der Waals surface area contributed by atoms with Crippen molar-refractivity contribution >= 4 is 28.0 Å². The van der Waals surface area contributed by atoms with Crippen LogP contribution in [0, 0.1) is 6.92 Å². The summed E-state index contributed by atoms with van der Waals surface area (Å²) in [6.45, 7) is 6.85. The van der Waals surface area contributed by atoms with Crippen molar-refractivity contribution < 1.29 is 9.53 Å². The van der Waals surface area contributed by atoms with Crippen molar-refractivity contribution in [2.75, 3.05) is 19.8 Å². The van der Waals surface area contributed by atoms with E-state index in [0.717, 1.165) is 76.6 Å². The van der Waals surface area contributed by atoms with Crippen LogP contribution < -0.4 is 0 Å². The molecule has 0 N–H and O–H groups in total. The second-order valence-corrected chi connectivity index (χ2v) is 10.6. The molecule has 0 bridgehead atoms. The highest BCUT2D eigenvalue weighted by molar-refractivity contribution is 7.15. The maximum atomic E-state index is 12.6. The number of hydrogen-bond acceptors (Lipinski definition) is 6. The number of pyridine rings is 1. The molecule has 0 atom stereocenters. The van der Waals surface area contributed by atoms with Gasteiger partial charge in [0.2, 0.25) is 5.91 Å². The highest BCUT2D eigenvalue weighted by Gasteiger charge is 2.31. The minimum Gasteiger partial charge on any atom is -0.381 e. The van der Waals surface area contributed by atoms with Gasteiger partial charge in [0.1, 0.15) is 0 Å². The second kappa shape index (κ2) is 9.17. The van der Waals surface area contributed by atoms with Crippen molar-refractivity contribution in [3.05, 3.63) is 52.9 Å². The summed E-state index contributed by atoms with van der Waals surface area (Å²) in [6, 6.07) is 8.84. The summed E-state index contributed by atoms with van der Waals surface area (Å²) >= 11 is 1.66. The van der Waals surface area contributed by atoms with E-state index in [1.165, 1.54) is 11.3 Å². The third-order valence-electron chi connectivity index (χ3n) is 7.17. The van der Waals surface area contributed by atoms with Crippen LogP contribution in [0.2, 0.25) is 0 Å². The van der Waals surface area contributed by atoms with E-state index in [1.807, 2.05) is 31.1 Å². The van der Waals surface area contributed by atoms with Crippen LogP contribution in [0.3, 0.4) is 0 Å². The van der Waals surface area contributed by atoms with E-state index in [2.05, 4.69) is 33.9 Å². The predicted octanol–water partition coefficient (Wildman–Crippen LogP) is 5.18. The van der Waals surface area contributed by atoms with Crippen LogP contribution in [0.25, 0.3) is 32.6 Å². The Morgan fingerprint density at radius 3 is 2.83 bits per heavy atom. The average Bonchev–Trinajstić information content (AvgIpc) is 3.51. The van der Waals surface area contributed by atoms with E-state index in [0.29, 0.717) is 19.0 Å². The number of aryl methyl sites for hydroxylation is 1. The summed E-state index contributed by atoms with van der Waals surface area (Å²) in [7, 11) is 0. The second-order valence-electron chi connectivity index (χ2n) is 9.32. The number of aromatic nitrogens is 4. The predicted molar refractivity (Wildman–Crippen MR) is 137 cm³/mol. The Morgan fingerprint density at radius 1 is 1.20 bits per heavy atom. The molecule has 1 amide bonds. The van der Waals surface area contributed by atoms with Gasteiger partial charge < -0.3 is 9.64 Å². The first-order valence-corrected chi connectivity index (χ1v) is 13.2. The molecule has 6 rings (SSSR count). The molecule has 0 aliphatic carbocycles. The molecule has 35 heavy (non-hydrogen) atoms. The van der Waals surface area contributed by atoms with Crippen molar-refractivity contribution in [1.29, 1.82) is 0 Å². The smallest absolute Gasteiger partial charge is 0.222 e. The van der Waals surface area contributed by atoms with Crippen molar-refractivity contribution in [3.63, 3.8) is 0 Å². The molecule has 7 nitrogen and oxygen atoms in total. The van der Waals surface area contributed by atoms with Gasteiger partial charge in [-0.15, -0.1) is 11.3 Å². The Balaban J connectivity index is 1.47. The molecule has 2 aliphatic rings. The van der Waals surface area contributed by atoms with Crippen LogP contribution in [0.15, 0.2) is 36.7 Å². The average molecular weight is 488 g/mol. The molecule has 0 radical (unpaired) electrons. The summed E-state index contributed by atoms with van der Waals surface area (Å²) in [5, 5.41) is 8.47. The maximum Gasteiger partial charge on any atom is 0.222 e. The molecule has 180 valence electrons. The van der Waals surface area contributed by atoms with Crippen molar-refractivity contribution in [3.8, 4) is 21.8 Å². The minimum absolute atomic E-state index is 0.199. The first-order valence-electron chi connectivity index (χ1n) is 12.4. The first-order chi connectivity index (χ1) is 17.1. The maximum absolute atomic E-state index is 12.6. The summed E-state index contributed by atoms with van der Waals surface area (Å²) in [4.78, 5) is 24.8. The molecule has 1 fully saturated rings. The van der Waals surface area contributed by atoms with E-state index in [4.69, 9.17) is 14.8 Å². The zero-order chi connectivity index (χ0) is 23.9. The van der Waals surface area contributed by atoms with E-state index < -0.39 is 0 Å². The molecular weight excluding hydrogens is 458 g/mol. The number of fused-ring (bicyclic) bond motifs is 2. The monoisotopic (exact) mass is 487 g/mol. The molecule has 0 saturated carbocycles. The van der Waals surface area contributed by atoms with Gasteiger partial charge in [-0.3, -0.25) is 14.5 Å². The third kappa shape index (κ3) is 4.04. The first kappa shape index (κ1) is 22.4. The molecule has 4 aromatic rings.